The number of carbonyl (C=O) groups is 3. The second kappa shape index (κ2) is 8.40. The maximum absolute atomic E-state index is 13.1. The van der Waals surface area contributed by atoms with Crippen molar-refractivity contribution in [1.82, 2.24) is 4.90 Å². The van der Waals surface area contributed by atoms with Crippen molar-refractivity contribution in [1.29, 1.82) is 0 Å². The molecule has 2 aromatic rings. The molecule has 6 nitrogen and oxygen atoms in total. The molecule has 2 aliphatic heterocycles. The molecular formula is C24H27N3O3. The average molecular weight is 405 g/mol. The van der Waals surface area contributed by atoms with E-state index in [9.17, 15) is 14.4 Å². The number of hydrogen-bond acceptors (Lipinski definition) is 4. The summed E-state index contributed by atoms with van der Waals surface area (Å²) >= 11 is 0. The first-order chi connectivity index (χ1) is 14.4. The first-order valence-electron chi connectivity index (χ1n) is 10.5. The summed E-state index contributed by atoms with van der Waals surface area (Å²) in [6, 6.07) is 14.8. The van der Waals surface area contributed by atoms with E-state index in [-0.39, 0.29) is 30.1 Å². The number of benzene rings is 2. The molecule has 0 saturated carbocycles. The standard InChI is InChI=1S/C24H27N3O3/c1-16-8-9-20(17(2)14-16)27-22(28)15-21(24(27)30)26-12-10-18(11-13-26)23(29)25-19-6-4-3-5-7-19/h3-9,14,18,21H,10-13,15H2,1-2H3,(H,25,29)/t21-/m0/s1. The van der Waals surface area contributed by atoms with Crippen LogP contribution in [0.3, 0.4) is 0 Å². The van der Waals surface area contributed by atoms with E-state index in [1.165, 1.54) is 4.90 Å². The first-order valence-corrected chi connectivity index (χ1v) is 10.5. The Labute approximate surface area is 176 Å². The van der Waals surface area contributed by atoms with Gasteiger partial charge in [0.2, 0.25) is 11.8 Å². The Hall–Kier alpha value is -2.99. The highest BCUT2D eigenvalue weighted by atomic mass is 16.2. The molecule has 2 heterocycles. The molecule has 2 aliphatic rings. The molecule has 0 radical (unpaired) electrons. The molecule has 0 bridgehead atoms. The van der Waals surface area contributed by atoms with Gasteiger partial charge in [-0.25, -0.2) is 4.90 Å². The summed E-state index contributed by atoms with van der Waals surface area (Å²) < 4.78 is 0. The maximum Gasteiger partial charge on any atom is 0.251 e. The van der Waals surface area contributed by atoms with Crippen LogP contribution < -0.4 is 10.2 Å². The molecule has 0 aliphatic carbocycles. The van der Waals surface area contributed by atoms with Crippen LogP contribution in [-0.4, -0.2) is 41.8 Å². The molecule has 4 rings (SSSR count). The topological polar surface area (TPSA) is 69.7 Å². The van der Waals surface area contributed by atoms with E-state index in [0.717, 1.165) is 16.8 Å². The van der Waals surface area contributed by atoms with Crippen LogP contribution in [0.2, 0.25) is 0 Å². The summed E-state index contributed by atoms with van der Waals surface area (Å²) in [6.45, 7) is 5.19. The molecule has 2 aromatic carbocycles. The Kier molecular flexibility index (Phi) is 5.68. The molecule has 156 valence electrons. The minimum Gasteiger partial charge on any atom is -0.326 e. The molecule has 0 aromatic heterocycles. The molecule has 30 heavy (non-hydrogen) atoms. The number of amides is 3. The van der Waals surface area contributed by atoms with Crippen LogP contribution in [0.15, 0.2) is 48.5 Å². The van der Waals surface area contributed by atoms with Crippen LogP contribution >= 0.6 is 0 Å². The van der Waals surface area contributed by atoms with Crippen molar-refractivity contribution in [2.75, 3.05) is 23.3 Å². The Morgan fingerprint density at radius 2 is 1.70 bits per heavy atom. The normalized spacial score (nSPS) is 20.6. The molecule has 1 atom stereocenters. The SMILES string of the molecule is Cc1ccc(N2C(=O)C[C@H](N3CCC(C(=O)Nc4ccccc4)CC3)C2=O)c(C)c1. The highest BCUT2D eigenvalue weighted by molar-refractivity contribution is 6.22. The van der Waals surface area contributed by atoms with Gasteiger partial charge in [-0.15, -0.1) is 0 Å². The van der Waals surface area contributed by atoms with Crippen LogP contribution in [0.4, 0.5) is 11.4 Å². The lowest BCUT2D eigenvalue weighted by Gasteiger charge is -2.34. The first kappa shape index (κ1) is 20.3. The van der Waals surface area contributed by atoms with Crippen LogP contribution in [0.1, 0.15) is 30.4 Å². The van der Waals surface area contributed by atoms with Crippen molar-refractivity contribution >= 4 is 29.1 Å². The molecule has 1 N–H and O–H groups in total. The molecule has 3 amide bonds. The average Bonchev–Trinajstić information content (AvgIpc) is 3.03. The van der Waals surface area contributed by atoms with Gasteiger partial charge in [-0.2, -0.15) is 0 Å². The fraction of sp³-hybridized carbons (Fsp3) is 0.375. The quantitative estimate of drug-likeness (QED) is 0.793. The van der Waals surface area contributed by atoms with Crippen molar-refractivity contribution in [3.8, 4) is 0 Å². The highest BCUT2D eigenvalue weighted by Crippen LogP contribution is 2.31. The third-order valence-electron chi connectivity index (χ3n) is 6.10. The lowest BCUT2D eigenvalue weighted by Crippen LogP contribution is -2.47. The van der Waals surface area contributed by atoms with Crippen LogP contribution in [0.25, 0.3) is 0 Å². The van der Waals surface area contributed by atoms with Crippen molar-refractivity contribution in [3.05, 3.63) is 59.7 Å². The van der Waals surface area contributed by atoms with Crippen molar-refractivity contribution in [3.63, 3.8) is 0 Å². The number of hydrogen-bond donors (Lipinski definition) is 1. The molecule has 2 fully saturated rings. The predicted molar refractivity (Wildman–Crippen MR) is 116 cm³/mol. The Balaban J connectivity index is 1.38. The van der Waals surface area contributed by atoms with Gasteiger partial charge in [0.05, 0.1) is 18.2 Å². The number of para-hydroxylation sites is 1. The third kappa shape index (κ3) is 4.00. The molecule has 6 heteroatoms. The summed E-state index contributed by atoms with van der Waals surface area (Å²) in [7, 11) is 0. The van der Waals surface area contributed by atoms with Gasteiger partial charge in [-0.3, -0.25) is 19.3 Å². The number of anilines is 2. The second-order valence-corrected chi connectivity index (χ2v) is 8.24. The summed E-state index contributed by atoms with van der Waals surface area (Å²) in [4.78, 5) is 41.7. The van der Waals surface area contributed by atoms with E-state index in [1.807, 2.05) is 62.4 Å². The van der Waals surface area contributed by atoms with Crippen molar-refractivity contribution < 1.29 is 14.4 Å². The lowest BCUT2D eigenvalue weighted by atomic mass is 9.94. The number of nitrogens with one attached hydrogen (secondary N) is 1. The molecule has 0 spiro atoms. The Bertz CT molecular complexity index is 965. The van der Waals surface area contributed by atoms with Gasteiger partial charge in [0.1, 0.15) is 0 Å². The number of aryl methyl sites for hydroxylation is 2. The number of piperidine rings is 1. The number of nitrogens with zero attached hydrogens (tertiary/aromatic N) is 2. The Morgan fingerprint density at radius 3 is 2.37 bits per heavy atom. The van der Waals surface area contributed by atoms with Gasteiger partial charge < -0.3 is 5.32 Å². The minimum absolute atomic E-state index is 0.0200. The minimum atomic E-state index is -0.434. The van der Waals surface area contributed by atoms with Crippen molar-refractivity contribution in [2.24, 2.45) is 5.92 Å². The molecular weight excluding hydrogens is 378 g/mol. The fourth-order valence-electron chi connectivity index (χ4n) is 4.45. The summed E-state index contributed by atoms with van der Waals surface area (Å²) in [5, 5.41) is 2.96. The largest absolute Gasteiger partial charge is 0.326 e. The van der Waals surface area contributed by atoms with E-state index in [1.54, 1.807) is 0 Å². The van der Waals surface area contributed by atoms with Gasteiger partial charge in [0.15, 0.2) is 0 Å². The van der Waals surface area contributed by atoms with Gasteiger partial charge in [-0.05, 0) is 63.5 Å². The zero-order valence-corrected chi connectivity index (χ0v) is 17.4. The smallest absolute Gasteiger partial charge is 0.251 e. The van der Waals surface area contributed by atoms with E-state index in [0.29, 0.717) is 31.6 Å². The number of rotatable bonds is 4. The zero-order chi connectivity index (χ0) is 21.3. The summed E-state index contributed by atoms with van der Waals surface area (Å²) in [5.41, 5.74) is 3.50. The van der Waals surface area contributed by atoms with E-state index >= 15 is 0 Å². The van der Waals surface area contributed by atoms with Gasteiger partial charge in [0, 0.05) is 11.6 Å². The van der Waals surface area contributed by atoms with Crippen LogP contribution in [-0.2, 0) is 14.4 Å². The summed E-state index contributed by atoms with van der Waals surface area (Å²) in [5.74, 6) is -0.365. The number of carbonyl (C=O) groups excluding carboxylic acids is 3. The highest BCUT2D eigenvalue weighted by Gasteiger charge is 2.44. The maximum atomic E-state index is 13.1. The van der Waals surface area contributed by atoms with Crippen LogP contribution in [0.5, 0.6) is 0 Å². The monoisotopic (exact) mass is 405 g/mol. The van der Waals surface area contributed by atoms with Crippen molar-refractivity contribution in [2.45, 2.75) is 39.2 Å². The molecule has 0 unspecified atom stereocenters. The number of likely N-dealkylation sites (tertiary alicyclic amines) is 1. The predicted octanol–water partition coefficient (Wildman–Crippen LogP) is 3.29. The Morgan fingerprint density at radius 1 is 1.00 bits per heavy atom. The van der Waals surface area contributed by atoms with Gasteiger partial charge >= 0.3 is 0 Å². The van der Waals surface area contributed by atoms with E-state index < -0.39 is 6.04 Å². The number of imide groups is 1. The summed E-state index contributed by atoms with van der Waals surface area (Å²) in [6.07, 6.45) is 1.56. The second-order valence-electron chi connectivity index (χ2n) is 8.24. The van der Waals surface area contributed by atoms with Crippen LogP contribution in [0, 0.1) is 19.8 Å². The third-order valence-corrected chi connectivity index (χ3v) is 6.10. The van der Waals surface area contributed by atoms with E-state index in [4.69, 9.17) is 0 Å². The van der Waals surface area contributed by atoms with Gasteiger partial charge in [-0.1, -0.05) is 35.9 Å². The fourth-order valence-corrected chi connectivity index (χ4v) is 4.45. The zero-order valence-electron chi connectivity index (χ0n) is 17.4. The lowest BCUT2D eigenvalue weighted by molar-refractivity contribution is -0.123. The van der Waals surface area contributed by atoms with E-state index in [2.05, 4.69) is 10.2 Å². The molecule has 2 saturated heterocycles. The van der Waals surface area contributed by atoms with Gasteiger partial charge in [0.25, 0.3) is 5.91 Å².